The highest BCUT2D eigenvalue weighted by atomic mass is 19.1. The van der Waals surface area contributed by atoms with Crippen molar-refractivity contribution in [2.45, 2.75) is 13.3 Å². The van der Waals surface area contributed by atoms with E-state index in [0.29, 0.717) is 12.5 Å². The average molecular weight is 235 g/mol. The van der Waals surface area contributed by atoms with Crippen molar-refractivity contribution in [3.8, 4) is 0 Å². The molecule has 1 aliphatic carbocycles. The predicted octanol–water partition coefficient (Wildman–Crippen LogP) is 2.60. The summed E-state index contributed by atoms with van der Waals surface area (Å²) in [4.78, 5) is 13.9. The molecule has 0 spiro atoms. The predicted molar refractivity (Wildman–Crippen MR) is 65.5 cm³/mol. The second-order valence-electron chi connectivity index (χ2n) is 5.07. The van der Waals surface area contributed by atoms with E-state index in [1.54, 1.807) is 18.2 Å². The van der Waals surface area contributed by atoms with E-state index >= 15 is 0 Å². The fraction of sp³-hybridized carbons (Fsp3) is 0.500. The molecule has 17 heavy (non-hydrogen) atoms. The summed E-state index contributed by atoms with van der Waals surface area (Å²) in [5.74, 6) is 0.930. The van der Waals surface area contributed by atoms with Crippen molar-refractivity contribution in [1.29, 1.82) is 0 Å². The van der Waals surface area contributed by atoms with Crippen LogP contribution in [0.3, 0.4) is 0 Å². The fourth-order valence-electron chi connectivity index (χ4n) is 2.14. The van der Waals surface area contributed by atoms with Crippen LogP contribution >= 0.6 is 0 Å². The van der Waals surface area contributed by atoms with Gasteiger partial charge in [-0.2, -0.15) is 0 Å². The largest absolute Gasteiger partial charge is 0.299 e. The maximum atomic E-state index is 13.4. The van der Waals surface area contributed by atoms with E-state index in [-0.39, 0.29) is 11.3 Å². The van der Waals surface area contributed by atoms with Crippen LogP contribution in [0.2, 0.25) is 0 Å². The molecule has 2 rings (SSSR count). The molecule has 0 aliphatic heterocycles. The molecule has 0 amide bonds. The summed E-state index contributed by atoms with van der Waals surface area (Å²) in [6.07, 6.45) is 1.25. The van der Waals surface area contributed by atoms with Crippen molar-refractivity contribution < 1.29 is 9.18 Å². The van der Waals surface area contributed by atoms with E-state index < -0.39 is 5.82 Å². The topological polar surface area (TPSA) is 20.3 Å². The number of halogens is 1. The number of ketones is 1. The van der Waals surface area contributed by atoms with Crippen LogP contribution in [0.1, 0.15) is 23.7 Å². The van der Waals surface area contributed by atoms with Crippen molar-refractivity contribution in [3.05, 3.63) is 35.6 Å². The normalized spacial score (nSPS) is 22.8. The van der Waals surface area contributed by atoms with Gasteiger partial charge in [-0.05, 0) is 37.4 Å². The van der Waals surface area contributed by atoms with Crippen LogP contribution in [0.4, 0.5) is 4.39 Å². The standard InChI is InChI=1S/C14H18FNO/c1-10-7-11(10)8-16(2)9-14(17)12-5-3-4-6-13(12)15/h3-6,10-11H,7-9H2,1-2H3. The third-order valence-electron chi connectivity index (χ3n) is 3.41. The molecule has 3 heteroatoms. The van der Waals surface area contributed by atoms with Crippen LogP contribution in [0.15, 0.2) is 24.3 Å². The zero-order valence-corrected chi connectivity index (χ0v) is 10.3. The third-order valence-corrected chi connectivity index (χ3v) is 3.41. The summed E-state index contributed by atoms with van der Waals surface area (Å²) in [5, 5.41) is 0. The number of hydrogen-bond donors (Lipinski definition) is 0. The number of nitrogens with zero attached hydrogens (tertiary/aromatic N) is 1. The number of carbonyl (C=O) groups excluding carboxylic acids is 1. The Morgan fingerprint density at radius 3 is 2.71 bits per heavy atom. The van der Waals surface area contributed by atoms with Gasteiger partial charge in [0.15, 0.2) is 5.78 Å². The van der Waals surface area contributed by atoms with Gasteiger partial charge in [0.1, 0.15) is 5.82 Å². The molecule has 0 radical (unpaired) electrons. The summed E-state index contributed by atoms with van der Waals surface area (Å²) in [5.41, 5.74) is 0.197. The molecular weight excluding hydrogens is 217 g/mol. The molecule has 92 valence electrons. The van der Waals surface area contributed by atoms with Crippen molar-refractivity contribution in [1.82, 2.24) is 4.90 Å². The number of hydrogen-bond acceptors (Lipinski definition) is 2. The Morgan fingerprint density at radius 2 is 2.12 bits per heavy atom. The number of likely N-dealkylation sites (N-methyl/N-ethyl adjacent to an activating group) is 1. The summed E-state index contributed by atoms with van der Waals surface area (Å²) in [6.45, 7) is 3.45. The van der Waals surface area contributed by atoms with Crippen LogP contribution in [-0.4, -0.2) is 30.8 Å². The zero-order valence-electron chi connectivity index (χ0n) is 10.3. The number of rotatable bonds is 5. The summed E-state index contributed by atoms with van der Waals surface area (Å²) >= 11 is 0. The lowest BCUT2D eigenvalue weighted by Crippen LogP contribution is -2.28. The van der Waals surface area contributed by atoms with Crippen molar-refractivity contribution in [3.63, 3.8) is 0 Å². The van der Waals surface area contributed by atoms with E-state index in [9.17, 15) is 9.18 Å². The molecular formula is C14H18FNO. The number of carbonyl (C=O) groups is 1. The lowest BCUT2D eigenvalue weighted by atomic mass is 10.1. The molecule has 0 saturated heterocycles. The van der Waals surface area contributed by atoms with Gasteiger partial charge >= 0.3 is 0 Å². The first-order valence-electron chi connectivity index (χ1n) is 6.04. The highest BCUT2D eigenvalue weighted by molar-refractivity contribution is 5.97. The molecule has 1 aromatic rings. The van der Waals surface area contributed by atoms with E-state index in [1.165, 1.54) is 12.5 Å². The van der Waals surface area contributed by atoms with Gasteiger partial charge in [-0.1, -0.05) is 19.1 Å². The molecule has 0 N–H and O–H groups in total. The summed E-state index contributed by atoms with van der Waals surface area (Å²) in [7, 11) is 1.92. The molecule has 1 fully saturated rings. The Kier molecular flexibility index (Phi) is 3.57. The van der Waals surface area contributed by atoms with E-state index in [4.69, 9.17) is 0 Å². The van der Waals surface area contributed by atoms with Crippen molar-refractivity contribution >= 4 is 5.78 Å². The second kappa shape index (κ2) is 4.96. The zero-order chi connectivity index (χ0) is 12.4. The van der Waals surface area contributed by atoms with Crippen LogP contribution in [0, 0.1) is 17.7 Å². The Bertz CT molecular complexity index is 418. The SMILES string of the molecule is CC1CC1CN(C)CC(=O)c1ccccc1F. The quantitative estimate of drug-likeness (QED) is 0.731. The third kappa shape index (κ3) is 3.13. The summed E-state index contributed by atoms with van der Waals surface area (Å²) in [6, 6.07) is 6.17. The molecule has 2 nitrogen and oxygen atoms in total. The van der Waals surface area contributed by atoms with Gasteiger partial charge in [0.25, 0.3) is 0 Å². The minimum absolute atomic E-state index is 0.140. The molecule has 0 heterocycles. The Balaban J connectivity index is 1.90. The molecule has 2 unspecified atom stereocenters. The van der Waals surface area contributed by atoms with Gasteiger partial charge < -0.3 is 0 Å². The highest BCUT2D eigenvalue weighted by Crippen LogP contribution is 2.37. The molecule has 1 saturated carbocycles. The summed E-state index contributed by atoms with van der Waals surface area (Å²) < 4.78 is 13.4. The van der Waals surface area contributed by atoms with Gasteiger partial charge in [-0.15, -0.1) is 0 Å². The highest BCUT2D eigenvalue weighted by Gasteiger charge is 2.33. The van der Waals surface area contributed by atoms with Crippen LogP contribution in [0.25, 0.3) is 0 Å². The van der Waals surface area contributed by atoms with Crippen LogP contribution in [-0.2, 0) is 0 Å². The van der Waals surface area contributed by atoms with Crippen LogP contribution < -0.4 is 0 Å². The Labute approximate surface area is 101 Å². The molecule has 2 atom stereocenters. The monoisotopic (exact) mass is 235 g/mol. The average Bonchev–Trinajstić information content (AvgIpc) is 2.94. The minimum Gasteiger partial charge on any atom is -0.299 e. The number of Topliss-reactive ketones (excluding diaryl/α,β-unsaturated/α-hetero) is 1. The number of benzene rings is 1. The van der Waals surface area contributed by atoms with Gasteiger partial charge in [0.2, 0.25) is 0 Å². The molecule has 0 aromatic heterocycles. The first-order valence-corrected chi connectivity index (χ1v) is 6.04. The second-order valence-corrected chi connectivity index (χ2v) is 5.07. The van der Waals surface area contributed by atoms with E-state index in [1.807, 2.05) is 11.9 Å². The fourth-order valence-corrected chi connectivity index (χ4v) is 2.14. The van der Waals surface area contributed by atoms with E-state index in [0.717, 1.165) is 12.5 Å². The van der Waals surface area contributed by atoms with Gasteiger partial charge in [0, 0.05) is 6.54 Å². The Hall–Kier alpha value is -1.22. The maximum Gasteiger partial charge on any atom is 0.179 e. The smallest absolute Gasteiger partial charge is 0.179 e. The first-order chi connectivity index (χ1) is 8.08. The van der Waals surface area contributed by atoms with Gasteiger partial charge in [0.05, 0.1) is 12.1 Å². The van der Waals surface area contributed by atoms with Gasteiger partial charge in [-0.25, -0.2) is 4.39 Å². The van der Waals surface area contributed by atoms with Gasteiger partial charge in [-0.3, -0.25) is 9.69 Å². The Morgan fingerprint density at radius 1 is 1.47 bits per heavy atom. The maximum absolute atomic E-state index is 13.4. The molecule has 0 bridgehead atoms. The molecule has 1 aromatic carbocycles. The van der Waals surface area contributed by atoms with E-state index in [2.05, 4.69) is 6.92 Å². The lowest BCUT2D eigenvalue weighted by molar-refractivity contribution is 0.0939. The lowest BCUT2D eigenvalue weighted by Gasteiger charge is -2.15. The van der Waals surface area contributed by atoms with Crippen molar-refractivity contribution in [2.75, 3.05) is 20.1 Å². The molecule has 1 aliphatic rings. The van der Waals surface area contributed by atoms with Crippen LogP contribution in [0.5, 0.6) is 0 Å². The van der Waals surface area contributed by atoms with Crippen molar-refractivity contribution in [2.24, 2.45) is 11.8 Å². The minimum atomic E-state index is -0.425. The first kappa shape index (κ1) is 12.2.